The maximum Gasteiger partial charge on any atom is 0.300 e. The predicted molar refractivity (Wildman–Crippen MR) is 129 cm³/mol. The molecule has 2 aromatic rings. The number of hydrogen-bond donors (Lipinski definition) is 3. The molecule has 2 rings (SSSR count). The first-order valence-electron chi connectivity index (χ1n) is 10.1. The third-order valence-electron chi connectivity index (χ3n) is 4.08. The standard InChI is InChI=1S/C20H28N2O5S.C2H4O2.ClH/c1-4-26-17-7-5-6-8-18(17)27-12-11-22-15(2)13-16-9-10-19(25-3)20(14-16)28(21,23)24;1-2(3)4;/h5-10,14-15,22H,4,11-13H2,1-3H3,(H2,21,23,24);1H3,(H,3,4);1H/t15-;;/m1../s1. The second kappa shape index (κ2) is 15.3. The zero-order chi connectivity index (χ0) is 24.1. The van der Waals surface area contributed by atoms with Crippen LogP contribution >= 0.6 is 12.4 Å². The van der Waals surface area contributed by atoms with E-state index >= 15 is 0 Å². The minimum absolute atomic E-state index is 0. The normalized spacial score (nSPS) is 11.3. The number of sulfonamides is 1. The summed E-state index contributed by atoms with van der Waals surface area (Å²) in [6.45, 7) is 6.74. The average molecular weight is 505 g/mol. The van der Waals surface area contributed by atoms with Crippen LogP contribution in [0.3, 0.4) is 0 Å². The smallest absolute Gasteiger partial charge is 0.300 e. The van der Waals surface area contributed by atoms with E-state index in [1.807, 2.05) is 44.2 Å². The van der Waals surface area contributed by atoms with Gasteiger partial charge in [0.1, 0.15) is 17.3 Å². The number of nitrogens with one attached hydrogen (secondary N) is 1. The van der Waals surface area contributed by atoms with E-state index in [4.69, 9.17) is 29.3 Å². The van der Waals surface area contributed by atoms with Crippen molar-refractivity contribution in [3.05, 3.63) is 48.0 Å². The number of benzene rings is 2. The van der Waals surface area contributed by atoms with Gasteiger partial charge in [0.15, 0.2) is 11.5 Å². The number of nitrogens with two attached hydrogens (primary N) is 1. The molecule has 33 heavy (non-hydrogen) atoms. The summed E-state index contributed by atoms with van der Waals surface area (Å²) in [5, 5.41) is 16.0. The van der Waals surface area contributed by atoms with Crippen molar-refractivity contribution in [1.29, 1.82) is 0 Å². The minimum Gasteiger partial charge on any atom is -0.495 e. The fraction of sp³-hybridized carbons (Fsp3) is 0.409. The molecule has 0 aliphatic rings. The number of aliphatic carboxylic acids is 1. The van der Waals surface area contributed by atoms with Crippen molar-refractivity contribution in [1.82, 2.24) is 5.32 Å². The summed E-state index contributed by atoms with van der Waals surface area (Å²) >= 11 is 0. The summed E-state index contributed by atoms with van der Waals surface area (Å²) in [6.07, 6.45) is 0.641. The van der Waals surface area contributed by atoms with E-state index in [2.05, 4.69) is 5.32 Å². The first-order valence-corrected chi connectivity index (χ1v) is 11.6. The van der Waals surface area contributed by atoms with E-state index in [-0.39, 0.29) is 29.1 Å². The average Bonchev–Trinajstić information content (AvgIpc) is 2.71. The number of halogens is 1. The molecule has 0 unspecified atom stereocenters. The molecule has 0 amide bonds. The van der Waals surface area contributed by atoms with Crippen LogP contribution in [0.25, 0.3) is 0 Å². The van der Waals surface area contributed by atoms with Crippen molar-refractivity contribution in [3.63, 3.8) is 0 Å². The van der Waals surface area contributed by atoms with Crippen molar-refractivity contribution >= 4 is 28.4 Å². The van der Waals surface area contributed by atoms with Crippen molar-refractivity contribution in [2.75, 3.05) is 26.9 Å². The quantitative estimate of drug-likeness (QED) is 0.397. The molecule has 0 aromatic heterocycles. The zero-order valence-corrected chi connectivity index (χ0v) is 20.9. The zero-order valence-electron chi connectivity index (χ0n) is 19.2. The third-order valence-corrected chi connectivity index (χ3v) is 5.01. The van der Waals surface area contributed by atoms with Crippen LogP contribution in [0.1, 0.15) is 26.3 Å². The fourth-order valence-electron chi connectivity index (χ4n) is 2.81. The number of hydrogen-bond acceptors (Lipinski definition) is 7. The molecular formula is C22H33ClN2O7S. The molecule has 0 saturated heterocycles. The summed E-state index contributed by atoms with van der Waals surface area (Å²) in [7, 11) is -2.43. The summed E-state index contributed by atoms with van der Waals surface area (Å²) in [5.41, 5.74) is 0.854. The highest BCUT2D eigenvalue weighted by atomic mass is 35.5. The van der Waals surface area contributed by atoms with Gasteiger partial charge in [-0.05, 0) is 50.1 Å². The van der Waals surface area contributed by atoms with Gasteiger partial charge in [0.25, 0.3) is 5.97 Å². The third kappa shape index (κ3) is 11.8. The van der Waals surface area contributed by atoms with E-state index < -0.39 is 16.0 Å². The number of methoxy groups -OCH3 is 1. The Morgan fingerprint density at radius 2 is 1.70 bits per heavy atom. The van der Waals surface area contributed by atoms with Gasteiger partial charge in [-0.2, -0.15) is 0 Å². The van der Waals surface area contributed by atoms with E-state index in [9.17, 15) is 8.42 Å². The van der Waals surface area contributed by atoms with Gasteiger partial charge in [-0.15, -0.1) is 12.4 Å². The van der Waals surface area contributed by atoms with Gasteiger partial charge in [0, 0.05) is 19.5 Å². The number of primary sulfonamides is 1. The summed E-state index contributed by atoms with van der Waals surface area (Å²) in [4.78, 5) is 9.00. The van der Waals surface area contributed by atoms with Gasteiger partial charge in [0.05, 0.1) is 13.7 Å². The molecule has 9 nitrogen and oxygen atoms in total. The Bertz CT molecular complexity index is 967. The Hall–Kier alpha value is -2.53. The highest BCUT2D eigenvalue weighted by Gasteiger charge is 2.16. The largest absolute Gasteiger partial charge is 0.495 e. The maximum absolute atomic E-state index is 11.7. The lowest BCUT2D eigenvalue weighted by Crippen LogP contribution is -2.32. The molecule has 0 bridgehead atoms. The van der Waals surface area contributed by atoms with Crippen LogP contribution in [0.4, 0.5) is 0 Å². The van der Waals surface area contributed by atoms with Gasteiger partial charge in [-0.3, -0.25) is 4.79 Å². The van der Waals surface area contributed by atoms with Gasteiger partial charge in [-0.1, -0.05) is 18.2 Å². The lowest BCUT2D eigenvalue weighted by atomic mass is 10.1. The van der Waals surface area contributed by atoms with Crippen molar-refractivity contribution in [2.24, 2.45) is 5.14 Å². The summed E-state index contributed by atoms with van der Waals surface area (Å²) in [6, 6.07) is 12.7. The van der Waals surface area contributed by atoms with Crippen LogP contribution in [0.15, 0.2) is 47.4 Å². The molecular weight excluding hydrogens is 472 g/mol. The molecule has 0 fully saturated rings. The molecule has 0 radical (unpaired) electrons. The van der Waals surface area contributed by atoms with Gasteiger partial charge in [0.2, 0.25) is 10.0 Å². The Labute approximate surface area is 201 Å². The lowest BCUT2D eigenvalue weighted by Gasteiger charge is -2.16. The lowest BCUT2D eigenvalue weighted by molar-refractivity contribution is -0.134. The molecule has 0 spiro atoms. The molecule has 186 valence electrons. The Kier molecular flexibility index (Phi) is 14.2. The van der Waals surface area contributed by atoms with Crippen LogP contribution < -0.4 is 24.7 Å². The van der Waals surface area contributed by atoms with Gasteiger partial charge >= 0.3 is 0 Å². The molecule has 0 heterocycles. The van der Waals surface area contributed by atoms with Gasteiger partial charge in [-0.25, -0.2) is 13.6 Å². The first-order chi connectivity index (χ1) is 15.1. The van der Waals surface area contributed by atoms with Crippen molar-refractivity contribution < 1.29 is 32.5 Å². The van der Waals surface area contributed by atoms with Crippen molar-refractivity contribution in [2.45, 2.75) is 38.1 Å². The second-order valence-electron chi connectivity index (χ2n) is 6.84. The molecule has 0 aliphatic carbocycles. The van der Waals surface area contributed by atoms with Gasteiger partial charge < -0.3 is 24.6 Å². The van der Waals surface area contributed by atoms with E-state index in [1.165, 1.54) is 7.11 Å². The summed E-state index contributed by atoms with van der Waals surface area (Å²) in [5.74, 6) is 0.854. The second-order valence-corrected chi connectivity index (χ2v) is 8.37. The van der Waals surface area contributed by atoms with Crippen LogP contribution in [-0.4, -0.2) is 52.4 Å². The predicted octanol–water partition coefficient (Wildman–Crippen LogP) is 2.85. The van der Waals surface area contributed by atoms with E-state index in [0.29, 0.717) is 31.9 Å². The molecule has 2 aromatic carbocycles. The highest BCUT2D eigenvalue weighted by Crippen LogP contribution is 2.26. The fourth-order valence-corrected chi connectivity index (χ4v) is 3.55. The van der Waals surface area contributed by atoms with Crippen LogP contribution in [0.2, 0.25) is 0 Å². The SMILES string of the molecule is CC(=O)O.CCOc1ccccc1OCCN[C@H](C)Cc1ccc(OC)c(S(N)(=O)=O)c1.Cl. The van der Waals surface area contributed by atoms with Crippen molar-refractivity contribution in [3.8, 4) is 17.2 Å². The topological polar surface area (TPSA) is 137 Å². The number of carboxylic acids is 1. The Morgan fingerprint density at radius 3 is 2.21 bits per heavy atom. The molecule has 4 N–H and O–H groups in total. The molecule has 11 heteroatoms. The highest BCUT2D eigenvalue weighted by molar-refractivity contribution is 7.89. The van der Waals surface area contributed by atoms with E-state index in [1.54, 1.807) is 12.1 Å². The Balaban J connectivity index is 0.00000189. The number of carbonyl (C=O) groups is 1. The maximum atomic E-state index is 11.7. The first kappa shape index (κ1) is 30.5. The van der Waals surface area contributed by atoms with Crippen LogP contribution in [-0.2, 0) is 21.2 Å². The van der Waals surface area contributed by atoms with Crippen LogP contribution in [0, 0.1) is 0 Å². The molecule has 0 aliphatic heterocycles. The number of ether oxygens (including phenoxy) is 3. The summed E-state index contributed by atoms with van der Waals surface area (Å²) < 4.78 is 39.9. The number of para-hydroxylation sites is 2. The van der Waals surface area contributed by atoms with Crippen LogP contribution in [0.5, 0.6) is 17.2 Å². The molecule has 1 atom stereocenters. The number of carboxylic acid groups (broad SMARTS) is 1. The number of rotatable bonds is 11. The monoisotopic (exact) mass is 504 g/mol. The minimum atomic E-state index is -3.84. The molecule has 0 saturated carbocycles. The van der Waals surface area contributed by atoms with E-state index in [0.717, 1.165) is 18.2 Å². The Morgan fingerprint density at radius 1 is 1.12 bits per heavy atom.